The number of hydrogen-bond donors (Lipinski definition) is 3. The van der Waals surface area contributed by atoms with E-state index in [0.717, 1.165) is 18.4 Å². The van der Waals surface area contributed by atoms with Crippen LogP contribution in [-0.4, -0.2) is 28.3 Å². The van der Waals surface area contributed by atoms with Crippen LogP contribution >= 0.6 is 0 Å². The number of rotatable bonds is 5. The molecule has 0 amide bonds. The summed E-state index contributed by atoms with van der Waals surface area (Å²) in [7, 11) is 0. The van der Waals surface area contributed by atoms with Gasteiger partial charge in [-0.1, -0.05) is 30.3 Å². The van der Waals surface area contributed by atoms with Gasteiger partial charge in [-0.25, -0.2) is 0 Å². The third-order valence-electron chi connectivity index (χ3n) is 2.99. The van der Waals surface area contributed by atoms with Crippen molar-refractivity contribution in [1.29, 1.82) is 0 Å². The smallest absolute Gasteiger partial charge is 0.325 e. The summed E-state index contributed by atoms with van der Waals surface area (Å²) in [4.78, 5) is 11.2. The number of benzene rings is 1. The summed E-state index contributed by atoms with van der Waals surface area (Å²) in [5.74, 6) is -0.911. The van der Waals surface area contributed by atoms with Crippen LogP contribution in [0.25, 0.3) is 0 Å². The number of hydrogen-bond acceptors (Lipinski definition) is 3. The minimum atomic E-state index is -0.911. The molecule has 16 heavy (non-hydrogen) atoms. The van der Waals surface area contributed by atoms with Crippen molar-refractivity contribution in [3.8, 4) is 0 Å². The Labute approximate surface area is 93.9 Å². The highest BCUT2D eigenvalue weighted by Crippen LogP contribution is 2.37. The second kappa shape index (κ2) is 4.23. The van der Waals surface area contributed by atoms with Gasteiger partial charge in [0.25, 0.3) is 0 Å². The van der Waals surface area contributed by atoms with E-state index in [1.807, 2.05) is 18.2 Å². The van der Waals surface area contributed by atoms with E-state index in [4.69, 9.17) is 5.11 Å². The summed E-state index contributed by atoms with van der Waals surface area (Å²) >= 11 is 0. The normalized spacial score (nSPS) is 19.1. The molecular formula is C12H15NO3. The predicted molar refractivity (Wildman–Crippen MR) is 59.0 cm³/mol. The average Bonchev–Trinajstić information content (AvgIpc) is 3.07. The Morgan fingerprint density at radius 3 is 2.44 bits per heavy atom. The van der Waals surface area contributed by atoms with Crippen LogP contribution in [0.3, 0.4) is 0 Å². The van der Waals surface area contributed by atoms with Crippen LogP contribution in [0.15, 0.2) is 30.3 Å². The topological polar surface area (TPSA) is 69.6 Å². The Morgan fingerprint density at radius 1 is 1.38 bits per heavy atom. The second-order valence-corrected chi connectivity index (χ2v) is 4.26. The van der Waals surface area contributed by atoms with Gasteiger partial charge < -0.3 is 10.2 Å². The van der Waals surface area contributed by atoms with Gasteiger partial charge in [-0.2, -0.15) is 0 Å². The molecule has 1 aromatic rings. The highest BCUT2D eigenvalue weighted by molar-refractivity contribution is 5.75. The summed E-state index contributed by atoms with van der Waals surface area (Å²) < 4.78 is 0. The molecule has 0 spiro atoms. The molecule has 86 valence electrons. The molecule has 1 saturated carbocycles. The van der Waals surface area contributed by atoms with Crippen molar-refractivity contribution >= 4 is 5.97 Å². The molecule has 1 aliphatic carbocycles. The van der Waals surface area contributed by atoms with Crippen molar-refractivity contribution in [2.24, 2.45) is 0 Å². The van der Waals surface area contributed by atoms with E-state index in [0.29, 0.717) is 0 Å². The fourth-order valence-corrected chi connectivity index (χ4v) is 1.74. The molecule has 0 heterocycles. The molecule has 4 nitrogen and oxygen atoms in total. The lowest BCUT2D eigenvalue weighted by molar-refractivity contribution is -0.140. The summed E-state index contributed by atoms with van der Waals surface area (Å²) in [6, 6.07) is 8.28. The molecule has 1 aromatic carbocycles. The SMILES string of the molecule is O=C(O)C(NC1(CO)CC1)c1ccccc1. The average molecular weight is 221 g/mol. The third kappa shape index (κ3) is 2.23. The Bertz CT molecular complexity index is 373. The van der Waals surface area contributed by atoms with Crippen molar-refractivity contribution in [2.45, 2.75) is 24.4 Å². The molecule has 0 saturated heterocycles. The lowest BCUT2D eigenvalue weighted by Crippen LogP contribution is -2.41. The van der Waals surface area contributed by atoms with E-state index in [2.05, 4.69) is 5.32 Å². The summed E-state index contributed by atoms with van der Waals surface area (Å²) in [6.07, 6.45) is 1.67. The first-order valence-corrected chi connectivity index (χ1v) is 5.33. The van der Waals surface area contributed by atoms with Crippen LogP contribution in [0.2, 0.25) is 0 Å². The largest absolute Gasteiger partial charge is 0.480 e. The zero-order chi connectivity index (χ0) is 11.6. The monoisotopic (exact) mass is 221 g/mol. The molecule has 0 radical (unpaired) electrons. The van der Waals surface area contributed by atoms with Crippen LogP contribution in [-0.2, 0) is 4.79 Å². The number of carboxylic acid groups (broad SMARTS) is 1. The number of carbonyl (C=O) groups is 1. The summed E-state index contributed by atoms with van der Waals surface area (Å²) in [5.41, 5.74) is 0.341. The van der Waals surface area contributed by atoms with E-state index >= 15 is 0 Å². The predicted octanol–water partition coefficient (Wildman–Crippen LogP) is 0.927. The van der Waals surface area contributed by atoms with Crippen molar-refractivity contribution in [2.75, 3.05) is 6.61 Å². The highest BCUT2D eigenvalue weighted by Gasteiger charge is 2.44. The van der Waals surface area contributed by atoms with Gasteiger partial charge in [0.15, 0.2) is 0 Å². The molecular weight excluding hydrogens is 206 g/mol. The lowest BCUT2D eigenvalue weighted by Gasteiger charge is -2.21. The van der Waals surface area contributed by atoms with Gasteiger partial charge in [-0.3, -0.25) is 10.1 Å². The zero-order valence-corrected chi connectivity index (χ0v) is 8.89. The molecule has 1 unspecified atom stereocenters. The summed E-state index contributed by atoms with van der Waals surface area (Å²) in [6.45, 7) is -0.0103. The van der Waals surface area contributed by atoms with Crippen molar-refractivity contribution in [3.63, 3.8) is 0 Å². The van der Waals surface area contributed by atoms with Gasteiger partial charge in [0.1, 0.15) is 6.04 Å². The molecule has 0 bridgehead atoms. The number of aliphatic hydroxyl groups is 1. The van der Waals surface area contributed by atoms with Crippen LogP contribution in [0, 0.1) is 0 Å². The number of aliphatic carboxylic acids is 1. The van der Waals surface area contributed by atoms with E-state index in [1.54, 1.807) is 12.1 Å². The fraction of sp³-hybridized carbons (Fsp3) is 0.417. The van der Waals surface area contributed by atoms with Crippen molar-refractivity contribution in [3.05, 3.63) is 35.9 Å². The van der Waals surface area contributed by atoms with E-state index in [1.165, 1.54) is 0 Å². The van der Waals surface area contributed by atoms with Crippen molar-refractivity contribution < 1.29 is 15.0 Å². The van der Waals surface area contributed by atoms with Crippen LogP contribution in [0.4, 0.5) is 0 Å². The first-order chi connectivity index (χ1) is 7.67. The number of nitrogens with one attached hydrogen (secondary N) is 1. The Morgan fingerprint density at radius 2 is 2.00 bits per heavy atom. The molecule has 0 aliphatic heterocycles. The molecule has 2 rings (SSSR count). The molecule has 3 N–H and O–H groups in total. The Kier molecular flexibility index (Phi) is 2.94. The number of aliphatic hydroxyl groups excluding tert-OH is 1. The van der Waals surface area contributed by atoms with Gasteiger partial charge in [0.2, 0.25) is 0 Å². The van der Waals surface area contributed by atoms with Crippen LogP contribution < -0.4 is 5.32 Å². The summed E-state index contributed by atoms with van der Waals surface area (Å²) in [5, 5.41) is 21.4. The second-order valence-electron chi connectivity index (χ2n) is 4.26. The molecule has 1 fully saturated rings. The highest BCUT2D eigenvalue weighted by atomic mass is 16.4. The first kappa shape index (κ1) is 11.1. The van der Waals surface area contributed by atoms with Crippen molar-refractivity contribution in [1.82, 2.24) is 5.32 Å². The van der Waals surface area contributed by atoms with Gasteiger partial charge >= 0.3 is 5.97 Å². The van der Waals surface area contributed by atoms with Gasteiger partial charge in [-0.15, -0.1) is 0 Å². The lowest BCUT2D eigenvalue weighted by atomic mass is 10.1. The van der Waals surface area contributed by atoms with Crippen LogP contribution in [0.5, 0.6) is 0 Å². The molecule has 1 aliphatic rings. The zero-order valence-electron chi connectivity index (χ0n) is 8.89. The molecule has 0 aromatic heterocycles. The maximum atomic E-state index is 11.2. The maximum Gasteiger partial charge on any atom is 0.325 e. The molecule has 4 heteroatoms. The minimum absolute atomic E-state index is 0.0103. The van der Waals surface area contributed by atoms with Crippen LogP contribution in [0.1, 0.15) is 24.4 Å². The number of carboxylic acids is 1. The standard InChI is InChI=1S/C12H15NO3/c14-8-12(6-7-12)13-10(11(15)16)9-4-2-1-3-5-9/h1-5,10,13-14H,6-8H2,(H,15,16). The maximum absolute atomic E-state index is 11.2. The quantitative estimate of drug-likeness (QED) is 0.691. The van der Waals surface area contributed by atoms with Gasteiger partial charge in [0, 0.05) is 5.54 Å². The Balaban J connectivity index is 2.15. The Hall–Kier alpha value is -1.39. The minimum Gasteiger partial charge on any atom is -0.480 e. The van der Waals surface area contributed by atoms with E-state index < -0.39 is 12.0 Å². The van der Waals surface area contributed by atoms with Gasteiger partial charge in [-0.05, 0) is 18.4 Å². The van der Waals surface area contributed by atoms with Gasteiger partial charge in [0.05, 0.1) is 6.61 Å². The molecule has 1 atom stereocenters. The van der Waals surface area contributed by atoms with E-state index in [9.17, 15) is 9.90 Å². The van der Waals surface area contributed by atoms with E-state index in [-0.39, 0.29) is 12.1 Å². The fourth-order valence-electron chi connectivity index (χ4n) is 1.74. The third-order valence-corrected chi connectivity index (χ3v) is 2.99. The first-order valence-electron chi connectivity index (χ1n) is 5.33.